The lowest BCUT2D eigenvalue weighted by Crippen LogP contribution is -2.42. The Morgan fingerprint density at radius 2 is 1.86 bits per heavy atom. The molecular formula is C26H33N5O5S. The van der Waals surface area contributed by atoms with Gasteiger partial charge in [-0.1, -0.05) is 18.2 Å². The summed E-state index contributed by atoms with van der Waals surface area (Å²) < 4.78 is 33.8. The van der Waals surface area contributed by atoms with E-state index in [9.17, 15) is 18.0 Å². The maximum atomic E-state index is 13.6. The van der Waals surface area contributed by atoms with Crippen LogP contribution in [-0.2, 0) is 25.1 Å². The van der Waals surface area contributed by atoms with Crippen molar-refractivity contribution in [2.75, 3.05) is 59.0 Å². The van der Waals surface area contributed by atoms with Crippen LogP contribution in [0.4, 0.5) is 0 Å². The fourth-order valence-corrected chi connectivity index (χ4v) is 7.68. The van der Waals surface area contributed by atoms with Crippen molar-refractivity contribution in [1.29, 1.82) is 0 Å². The van der Waals surface area contributed by atoms with Crippen molar-refractivity contribution in [2.24, 2.45) is 0 Å². The van der Waals surface area contributed by atoms with Gasteiger partial charge in [-0.3, -0.25) is 19.2 Å². The normalized spacial score (nSPS) is 23.7. The molecule has 0 N–H and O–H groups in total. The van der Waals surface area contributed by atoms with Crippen LogP contribution in [0.5, 0.6) is 0 Å². The standard InChI is InChI=1S/C26H33N5O5S/c32-23-8-4-10-29(23)12-11-28-9-3-5-19(17-28)31-25-20-6-1-2-7-22(20)37(34,35)18-21(25)24(27-31)26(33)30-13-15-36-16-14-30/h1-2,6-7,19H,3-5,8-18H2. The SMILES string of the molecule is O=C1CCCN1CCN1CCCC(n2nc(C(=O)N3CCOCC3)c3c2-c2ccccc2S(=O)(=O)C3)C1. The van der Waals surface area contributed by atoms with Crippen LogP contribution in [-0.4, -0.2) is 104 Å². The van der Waals surface area contributed by atoms with Crippen molar-refractivity contribution in [2.45, 2.75) is 42.4 Å². The number of ether oxygens (including phenoxy) is 1. The summed E-state index contributed by atoms with van der Waals surface area (Å²) in [7, 11) is -3.59. The average molecular weight is 528 g/mol. The molecular weight excluding hydrogens is 494 g/mol. The predicted molar refractivity (Wildman–Crippen MR) is 136 cm³/mol. The summed E-state index contributed by atoms with van der Waals surface area (Å²) in [5.74, 6) is -0.218. The van der Waals surface area contributed by atoms with Crippen LogP contribution in [0.15, 0.2) is 29.2 Å². The highest BCUT2D eigenvalue weighted by molar-refractivity contribution is 7.90. The van der Waals surface area contributed by atoms with Gasteiger partial charge in [-0.25, -0.2) is 8.42 Å². The van der Waals surface area contributed by atoms with Crippen LogP contribution in [0, 0.1) is 0 Å². The van der Waals surface area contributed by atoms with Crippen molar-refractivity contribution < 1.29 is 22.7 Å². The van der Waals surface area contributed by atoms with E-state index in [2.05, 4.69) is 4.90 Å². The minimum Gasteiger partial charge on any atom is -0.378 e. The Hall–Kier alpha value is -2.76. The van der Waals surface area contributed by atoms with Crippen molar-refractivity contribution in [3.63, 3.8) is 0 Å². The Morgan fingerprint density at radius 3 is 2.65 bits per heavy atom. The Balaban J connectivity index is 1.35. The highest BCUT2D eigenvalue weighted by Crippen LogP contribution is 2.41. The first-order valence-electron chi connectivity index (χ1n) is 13.2. The van der Waals surface area contributed by atoms with Gasteiger partial charge in [0.25, 0.3) is 5.91 Å². The number of rotatable bonds is 5. The van der Waals surface area contributed by atoms with E-state index >= 15 is 0 Å². The van der Waals surface area contributed by atoms with Gasteiger partial charge in [-0.05, 0) is 31.9 Å². The highest BCUT2D eigenvalue weighted by atomic mass is 32.2. The summed E-state index contributed by atoms with van der Waals surface area (Å²) in [6.07, 6.45) is 3.45. The highest BCUT2D eigenvalue weighted by Gasteiger charge is 2.39. The topological polar surface area (TPSA) is 105 Å². The van der Waals surface area contributed by atoms with Crippen LogP contribution >= 0.6 is 0 Å². The number of aromatic nitrogens is 2. The summed E-state index contributed by atoms with van der Waals surface area (Å²) in [5.41, 5.74) is 2.13. The molecule has 2 amide bonds. The molecule has 0 saturated carbocycles. The summed E-state index contributed by atoms with van der Waals surface area (Å²) in [6, 6.07) is 7.06. The zero-order valence-corrected chi connectivity index (χ0v) is 21.8. The third-order valence-electron chi connectivity index (χ3n) is 8.01. The Kier molecular flexibility index (Phi) is 6.54. The molecule has 198 valence electrons. The molecule has 10 nitrogen and oxygen atoms in total. The van der Waals surface area contributed by atoms with Crippen LogP contribution in [0.1, 0.15) is 47.8 Å². The minimum absolute atomic E-state index is 0.0110. The lowest BCUT2D eigenvalue weighted by Gasteiger charge is -2.35. The van der Waals surface area contributed by atoms with Crippen LogP contribution < -0.4 is 0 Å². The molecule has 2 aromatic rings. The number of morpholine rings is 1. The van der Waals surface area contributed by atoms with Gasteiger partial charge in [0.2, 0.25) is 5.91 Å². The van der Waals surface area contributed by atoms with E-state index in [-0.39, 0.29) is 29.3 Å². The second-order valence-electron chi connectivity index (χ2n) is 10.4. The third kappa shape index (κ3) is 4.57. The van der Waals surface area contributed by atoms with Gasteiger partial charge in [0.15, 0.2) is 15.5 Å². The van der Waals surface area contributed by atoms with Gasteiger partial charge in [0.1, 0.15) is 0 Å². The number of nitrogens with zero attached hydrogens (tertiary/aromatic N) is 5. The summed E-state index contributed by atoms with van der Waals surface area (Å²) in [6.45, 7) is 5.93. The molecule has 0 bridgehead atoms. The number of likely N-dealkylation sites (tertiary alicyclic amines) is 2. The van der Waals surface area contributed by atoms with Crippen molar-refractivity contribution in [3.05, 3.63) is 35.5 Å². The second-order valence-corrected chi connectivity index (χ2v) is 12.3. The number of carbonyl (C=O) groups is 2. The van der Waals surface area contributed by atoms with Crippen molar-refractivity contribution >= 4 is 21.7 Å². The molecule has 1 aromatic carbocycles. The molecule has 4 aliphatic rings. The maximum absolute atomic E-state index is 13.6. The van der Waals surface area contributed by atoms with Gasteiger partial charge >= 0.3 is 0 Å². The fraction of sp³-hybridized carbons (Fsp3) is 0.577. The first-order chi connectivity index (χ1) is 17.9. The Bertz CT molecular complexity index is 1320. The Labute approximate surface area is 217 Å². The zero-order valence-electron chi connectivity index (χ0n) is 21.0. The van der Waals surface area contributed by atoms with E-state index in [0.29, 0.717) is 48.7 Å². The number of carbonyl (C=O) groups excluding carboxylic acids is 2. The zero-order chi connectivity index (χ0) is 25.6. The van der Waals surface area contributed by atoms with E-state index in [0.717, 1.165) is 57.7 Å². The molecule has 11 heteroatoms. The molecule has 5 heterocycles. The van der Waals surface area contributed by atoms with Crippen LogP contribution in [0.3, 0.4) is 0 Å². The summed E-state index contributed by atoms with van der Waals surface area (Å²) >= 11 is 0. The molecule has 6 rings (SSSR count). The van der Waals surface area contributed by atoms with Gasteiger partial charge in [-0.2, -0.15) is 5.10 Å². The van der Waals surface area contributed by atoms with E-state index in [4.69, 9.17) is 9.84 Å². The molecule has 0 aliphatic carbocycles. The minimum atomic E-state index is -3.59. The van der Waals surface area contributed by atoms with Crippen LogP contribution in [0.2, 0.25) is 0 Å². The number of piperidine rings is 1. The quantitative estimate of drug-likeness (QED) is 0.581. The molecule has 1 atom stereocenters. The number of hydrogen-bond acceptors (Lipinski definition) is 7. The van der Waals surface area contributed by atoms with Gasteiger partial charge in [0, 0.05) is 56.8 Å². The predicted octanol–water partition coefficient (Wildman–Crippen LogP) is 1.57. The van der Waals surface area contributed by atoms with Crippen LogP contribution in [0.25, 0.3) is 11.3 Å². The number of fused-ring (bicyclic) bond motifs is 3. The van der Waals surface area contributed by atoms with E-state index in [1.807, 2.05) is 21.7 Å². The van der Waals surface area contributed by atoms with Gasteiger partial charge in [0.05, 0.1) is 35.6 Å². The number of benzene rings is 1. The molecule has 3 fully saturated rings. The molecule has 1 aromatic heterocycles. The number of hydrogen-bond donors (Lipinski definition) is 0. The molecule has 37 heavy (non-hydrogen) atoms. The number of amides is 2. The smallest absolute Gasteiger partial charge is 0.274 e. The monoisotopic (exact) mass is 527 g/mol. The largest absolute Gasteiger partial charge is 0.378 e. The summed E-state index contributed by atoms with van der Waals surface area (Å²) in [4.78, 5) is 32.0. The van der Waals surface area contributed by atoms with E-state index in [1.54, 1.807) is 17.0 Å². The lowest BCUT2D eigenvalue weighted by molar-refractivity contribution is -0.127. The number of sulfone groups is 1. The molecule has 4 aliphatic heterocycles. The van der Waals surface area contributed by atoms with Gasteiger partial charge in [-0.15, -0.1) is 0 Å². The maximum Gasteiger partial charge on any atom is 0.274 e. The fourth-order valence-electron chi connectivity index (χ4n) is 6.08. The van der Waals surface area contributed by atoms with E-state index in [1.165, 1.54) is 0 Å². The first kappa shape index (κ1) is 24.6. The average Bonchev–Trinajstić information content (AvgIpc) is 3.50. The van der Waals surface area contributed by atoms with Gasteiger partial charge < -0.3 is 14.5 Å². The molecule has 1 unspecified atom stereocenters. The Morgan fingerprint density at radius 1 is 1.05 bits per heavy atom. The summed E-state index contributed by atoms with van der Waals surface area (Å²) in [5, 5.41) is 4.87. The second kappa shape index (κ2) is 9.85. The lowest BCUT2D eigenvalue weighted by atomic mass is 10.0. The molecule has 0 spiro atoms. The van der Waals surface area contributed by atoms with Crippen molar-refractivity contribution in [3.8, 4) is 11.3 Å². The third-order valence-corrected chi connectivity index (χ3v) is 9.70. The molecule has 3 saturated heterocycles. The molecule has 0 radical (unpaired) electrons. The van der Waals surface area contributed by atoms with Crippen molar-refractivity contribution in [1.82, 2.24) is 24.5 Å². The first-order valence-corrected chi connectivity index (χ1v) is 14.9. The van der Waals surface area contributed by atoms with E-state index < -0.39 is 9.84 Å².